The predicted octanol–water partition coefficient (Wildman–Crippen LogP) is 4.15. The molecule has 0 saturated heterocycles. The first-order valence-electron chi connectivity index (χ1n) is 7.57. The number of carbonyl (C=O) groups excluding carboxylic acids is 1. The van der Waals surface area contributed by atoms with Crippen molar-refractivity contribution >= 4 is 5.97 Å². The molecule has 0 aliphatic carbocycles. The van der Waals surface area contributed by atoms with Gasteiger partial charge in [0, 0.05) is 6.04 Å². The molecule has 22 heavy (non-hydrogen) atoms. The number of hydrogen-bond acceptors (Lipinski definition) is 3. The molecule has 1 atom stereocenters. The van der Waals surface area contributed by atoms with Gasteiger partial charge in [0.15, 0.2) is 0 Å². The van der Waals surface area contributed by atoms with E-state index >= 15 is 0 Å². The lowest BCUT2D eigenvalue weighted by Crippen LogP contribution is -2.16. The summed E-state index contributed by atoms with van der Waals surface area (Å²) in [6.07, 6.45) is 0. The largest absolute Gasteiger partial charge is 0.462 e. The van der Waals surface area contributed by atoms with Crippen molar-refractivity contribution in [2.24, 2.45) is 0 Å². The van der Waals surface area contributed by atoms with E-state index in [2.05, 4.69) is 50.2 Å². The van der Waals surface area contributed by atoms with Crippen molar-refractivity contribution in [3.05, 3.63) is 59.7 Å². The van der Waals surface area contributed by atoms with E-state index in [0.717, 1.165) is 11.1 Å². The van der Waals surface area contributed by atoms with E-state index in [0.29, 0.717) is 18.2 Å². The van der Waals surface area contributed by atoms with Gasteiger partial charge in [-0.3, -0.25) is 0 Å². The van der Waals surface area contributed by atoms with Gasteiger partial charge < -0.3 is 9.64 Å². The summed E-state index contributed by atoms with van der Waals surface area (Å²) < 4.78 is 5.05. The zero-order chi connectivity index (χ0) is 16.1. The van der Waals surface area contributed by atoms with Crippen molar-refractivity contribution in [2.45, 2.75) is 19.9 Å². The lowest BCUT2D eigenvalue weighted by atomic mass is 9.99. The Balaban J connectivity index is 2.25. The van der Waals surface area contributed by atoms with Gasteiger partial charge in [-0.2, -0.15) is 0 Å². The van der Waals surface area contributed by atoms with E-state index in [-0.39, 0.29) is 5.97 Å². The number of hydrogen-bond donors (Lipinski definition) is 0. The van der Waals surface area contributed by atoms with Gasteiger partial charge in [0.1, 0.15) is 0 Å². The fourth-order valence-corrected chi connectivity index (χ4v) is 2.29. The molecule has 2 aromatic rings. The van der Waals surface area contributed by atoms with E-state index in [1.54, 1.807) is 6.07 Å². The maximum Gasteiger partial charge on any atom is 0.338 e. The molecule has 0 aliphatic rings. The Morgan fingerprint density at radius 1 is 1.09 bits per heavy atom. The van der Waals surface area contributed by atoms with E-state index in [4.69, 9.17) is 4.74 Å². The highest BCUT2D eigenvalue weighted by atomic mass is 16.5. The van der Waals surface area contributed by atoms with Crippen LogP contribution in [0.2, 0.25) is 0 Å². The second-order valence-electron chi connectivity index (χ2n) is 5.56. The molecule has 0 aromatic heterocycles. The van der Waals surface area contributed by atoms with Gasteiger partial charge in [0.2, 0.25) is 0 Å². The fourth-order valence-electron chi connectivity index (χ4n) is 2.29. The molecular weight excluding hydrogens is 274 g/mol. The van der Waals surface area contributed by atoms with Crippen LogP contribution in [0, 0.1) is 0 Å². The molecule has 0 bridgehead atoms. The molecule has 0 N–H and O–H groups in total. The number of ether oxygens (including phenoxy) is 1. The minimum absolute atomic E-state index is 0.276. The van der Waals surface area contributed by atoms with Crippen molar-refractivity contribution < 1.29 is 9.53 Å². The van der Waals surface area contributed by atoms with Crippen LogP contribution in [-0.2, 0) is 4.74 Å². The predicted molar refractivity (Wildman–Crippen MR) is 89.9 cm³/mol. The smallest absolute Gasteiger partial charge is 0.338 e. The summed E-state index contributed by atoms with van der Waals surface area (Å²) in [7, 11) is 4.14. The molecule has 2 rings (SSSR count). The third-order valence-electron chi connectivity index (χ3n) is 3.87. The van der Waals surface area contributed by atoms with Crippen LogP contribution in [0.15, 0.2) is 48.5 Å². The van der Waals surface area contributed by atoms with Crippen LogP contribution in [0.5, 0.6) is 0 Å². The lowest BCUT2D eigenvalue weighted by Gasteiger charge is -2.20. The maximum absolute atomic E-state index is 11.8. The van der Waals surface area contributed by atoms with Crippen LogP contribution >= 0.6 is 0 Å². The highest BCUT2D eigenvalue weighted by molar-refractivity contribution is 5.91. The summed E-state index contributed by atoms with van der Waals surface area (Å²) in [5.74, 6) is -0.276. The van der Waals surface area contributed by atoms with E-state index in [1.807, 2.05) is 25.1 Å². The fraction of sp³-hybridized carbons (Fsp3) is 0.316. The Morgan fingerprint density at radius 2 is 1.77 bits per heavy atom. The number of carbonyl (C=O) groups is 1. The Kier molecular flexibility index (Phi) is 5.34. The maximum atomic E-state index is 11.8. The molecule has 0 saturated carbocycles. The first kappa shape index (κ1) is 16.2. The average molecular weight is 297 g/mol. The molecule has 116 valence electrons. The normalized spacial score (nSPS) is 12.2. The SMILES string of the molecule is CCOC(=O)c1cccc(-c2ccc(C(C)N(C)C)cc2)c1. The van der Waals surface area contributed by atoms with Crippen molar-refractivity contribution in [3.63, 3.8) is 0 Å². The van der Waals surface area contributed by atoms with Gasteiger partial charge in [-0.15, -0.1) is 0 Å². The van der Waals surface area contributed by atoms with Crippen LogP contribution in [0.4, 0.5) is 0 Å². The van der Waals surface area contributed by atoms with Crippen molar-refractivity contribution in [2.75, 3.05) is 20.7 Å². The van der Waals surface area contributed by atoms with Gasteiger partial charge in [0.05, 0.1) is 12.2 Å². The van der Waals surface area contributed by atoms with Crippen LogP contribution < -0.4 is 0 Å². The summed E-state index contributed by atoms with van der Waals surface area (Å²) in [6, 6.07) is 16.4. The zero-order valence-corrected chi connectivity index (χ0v) is 13.7. The third kappa shape index (κ3) is 3.74. The molecule has 0 radical (unpaired) electrons. The summed E-state index contributed by atoms with van der Waals surface area (Å²) in [6.45, 7) is 4.38. The molecule has 1 unspecified atom stereocenters. The molecule has 3 heteroatoms. The van der Waals surface area contributed by atoms with Gasteiger partial charge in [-0.25, -0.2) is 4.79 Å². The Bertz CT molecular complexity index is 632. The first-order chi connectivity index (χ1) is 10.5. The van der Waals surface area contributed by atoms with Gasteiger partial charge >= 0.3 is 5.97 Å². The number of nitrogens with zero attached hydrogens (tertiary/aromatic N) is 1. The second-order valence-corrected chi connectivity index (χ2v) is 5.56. The summed E-state index contributed by atoms with van der Waals surface area (Å²) in [4.78, 5) is 14.0. The Morgan fingerprint density at radius 3 is 2.36 bits per heavy atom. The van der Waals surface area contributed by atoms with E-state index in [1.165, 1.54) is 5.56 Å². The summed E-state index contributed by atoms with van der Waals surface area (Å²) in [5.41, 5.74) is 3.98. The van der Waals surface area contributed by atoms with Crippen molar-refractivity contribution in [3.8, 4) is 11.1 Å². The van der Waals surface area contributed by atoms with Gasteiger partial charge in [-0.1, -0.05) is 36.4 Å². The molecule has 0 amide bonds. The summed E-state index contributed by atoms with van der Waals surface area (Å²) >= 11 is 0. The van der Waals surface area contributed by atoms with Crippen molar-refractivity contribution in [1.29, 1.82) is 0 Å². The molecule has 3 nitrogen and oxygen atoms in total. The lowest BCUT2D eigenvalue weighted by molar-refractivity contribution is 0.0526. The summed E-state index contributed by atoms with van der Waals surface area (Å²) in [5, 5.41) is 0. The number of rotatable bonds is 5. The molecule has 2 aromatic carbocycles. The quantitative estimate of drug-likeness (QED) is 0.776. The van der Waals surface area contributed by atoms with E-state index < -0.39 is 0 Å². The average Bonchev–Trinajstić information content (AvgIpc) is 2.54. The highest BCUT2D eigenvalue weighted by Crippen LogP contribution is 2.24. The second kappa shape index (κ2) is 7.23. The third-order valence-corrected chi connectivity index (χ3v) is 3.87. The highest BCUT2D eigenvalue weighted by Gasteiger charge is 2.10. The van der Waals surface area contributed by atoms with Crippen molar-refractivity contribution in [1.82, 2.24) is 4.90 Å². The van der Waals surface area contributed by atoms with Crippen LogP contribution in [0.1, 0.15) is 35.8 Å². The van der Waals surface area contributed by atoms with E-state index in [9.17, 15) is 4.79 Å². The minimum Gasteiger partial charge on any atom is -0.462 e. The molecule has 0 fully saturated rings. The first-order valence-corrected chi connectivity index (χ1v) is 7.57. The molecule has 0 heterocycles. The zero-order valence-electron chi connectivity index (χ0n) is 13.7. The number of esters is 1. The monoisotopic (exact) mass is 297 g/mol. The van der Waals surface area contributed by atoms with Gasteiger partial charge in [0.25, 0.3) is 0 Å². The molecular formula is C19H23NO2. The number of benzene rings is 2. The van der Waals surface area contributed by atoms with Crippen LogP contribution in [-0.4, -0.2) is 31.6 Å². The molecule has 0 spiro atoms. The van der Waals surface area contributed by atoms with Crippen LogP contribution in [0.3, 0.4) is 0 Å². The minimum atomic E-state index is -0.276. The Hall–Kier alpha value is -2.13. The van der Waals surface area contributed by atoms with Crippen LogP contribution in [0.25, 0.3) is 11.1 Å². The van der Waals surface area contributed by atoms with Gasteiger partial charge in [-0.05, 0) is 56.8 Å². The Labute approximate surface area is 132 Å². The topological polar surface area (TPSA) is 29.5 Å². The standard InChI is InChI=1S/C19H23NO2/c1-5-22-19(21)18-8-6-7-17(13-18)16-11-9-15(10-12-16)14(2)20(3)4/h6-14H,5H2,1-4H3. The molecule has 0 aliphatic heterocycles.